The summed E-state index contributed by atoms with van der Waals surface area (Å²) in [7, 11) is 4.77. The molecule has 0 aliphatic carbocycles. The van der Waals surface area contributed by atoms with Crippen molar-refractivity contribution >= 4 is 23.9 Å². The summed E-state index contributed by atoms with van der Waals surface area (Å²) in [5.41, 5.74) is 1.73. The number of hydrogen-bond acceptors (Lipinski definition) is 8. The van der Waals surface area contributed by atoms with Gasteiger partial charge >= 0.3 is 12.1 Å². The predicted molar refractivity (Wildman–Crippen MR) is 161 cm³/mol. The molecule has 4 rings (SSSR count). The summed E-state index contributed by atoms with van der Waals surface area (Å²) >= 11 is 0. The Labute approximate surface area is 257 Å². The second-order valence-electron chi connectivity index (χ2n) is 10.5. The number of likely N-dealkylation sites (N-methyl/N-ethyl adjacent to an activating group) is 1. The van der Waals surface area contributed by atoms with Crippen LogP contribution in [0.25, 0.3) is 0 Å². The van der Waals surface area contributed by atoms with Gasteiger partial charge in [-0.3, -0.25) is 9.59 Å². The van der Waals surface area contributed by atoms with Gasteiger partial charge in [0.05, 0.1) is 27.3 Å². The maximum atomic E-state index is 14.0. The van der Waals surface area contributed by atoms with E-state index in [4.69, 9.17) is 14.2 Å². The molecule has 2 aliphatic rings. The molecule has 44 heavy (non-hydrogen) atoms. The number of carbonyl (C=O) groups is 4. The number of hydrogen-bond donors (Lipinski definition) is 2. The van der Waals surface area contributed by atoms with Crippen LogP contribution in [-0.4, -0.2) is 103 Å². The molecule has 236 valence electrons. The summed E-state index contributed by atoms with van der Waals surface area (Å²) in [4.78, 5) is 56.1. The van der Waals surface area contributed by atoms with Crippen LogP contribution in [-0.2, 0) is 27.4 Å². The smallest absolute Gasteiger partial charge is 0.407 e. The molecule has 13 heteroatoms. The van der Waals surface area contributed by atoms with Crippen molar-refractivity contribution in [3.8, 4) is 11.5 Å². The topological polar surface area (TPSA) is 133 Å². The van der Waals surface area contributed by atoms with Gasteiger partial charge in [-0.05, 0) is 36.1 Å². The Bertz CT molecular complexity index is 1340. The Morgan fingerprint density at radius 1 is 1.02 bits per heavy atom. The van der Waals surface area contributed by atoms with E-state index in [2.05, 4.69) is 17.2 Å². The molecule has 2 heterocycles. The summed E-state index contributed by atoms with van der Waals surface area (Å²) in [6.07, 6.45) is 0.800. The van der Waals surface area contributed by atoms with Crippen LogP contribution in [0.3, 0.4) is 0 Å². The predicted octanol–water partition coefficient (Wildman–Crippen LogP) is 2.33. The molecule has 0 unspecified atom stereocenters. The minimum atomic E-state index is -0.842. The minimum absolute atomic E-state index is 0.0686. The fraction of sp³-hybridized carbons (Fsp3) is 0.419. The van der Waals surface area contributed by atoms with Crippen LogP contribution in [0.4, 0.5) is 9.59 Å². The van der Waals surface area contributed by atoms with Crippen molar-refractivity contribution in [3.05, 3.63) is 72.3 Å². The lowest BCUT2D eigenvalue weighted by molar-refractivity contribution is -0.188. The Kier molecular flexibility index (Phi) is 11.0. The molecule has 5 amide bonds. The number of alkyl carbamates (subject to hydrolysis) is 1. The van der Waals surface area contributed by atoms with Crippen LogP contribution in [0, 0.1) is 0 Å². The number of amides is 5. The van der Waals surface area contributed by atoms with Crippen molar-refractivity contribution in [1.29, 1.82) is 0 Å². The SMILES string of the molecule is C=CCOC(=O)NCCC[C@H]1C(=O)N(Cc2ccc(OC)c(OC)c2)C[C@H]2N1C(=O)CN(C)N2C(=O)NCc1ccccc1. The first-order valence-electron chi connectivity index (χ1n) is 14.4. The van der Waals surface area contributed by atoms with E-state index in [-0.39, 0.29) is 57.1 Å². The molecule has 2 saturated heterocycles. The Balaban J connectivity index is 1.57. The highest BCUT2D eigenvalue weighted by atomic mass is 16.5. The molecule has 2 atom stereocenters. The van der Waals surface area contributed by atoms with Crippen LogP contribution >= 0.6 is 0 Å². The normalized spacial score (nSPS) is 18.4. The van der Waals surface area contributed by atoms with Crippen LogP contribution in [0.15, 0.2) is 61.2 Å². The fourth-order valence-corrected chi connectivity index (χ4v) is 5.45. The first-order valence-corrected chi connectivity index (χ1v) is 14.4. The minimum Gasteiger partial charge on any atom is -0.493 e. The van der Waals surface area contributed by atoms with Crippen molar-refractivity contribution in [1.82, 2.24) is 30.5 Å². The van der Waals surface area contributed by atoms with Gasteiger partial charge < -0.3 is 34.6 Å². The van der Waals surface area contributed by atoms with Crippen LogP contribution < -0.4 is 20.1 Å². The number of carbonyl (C=O) groups excluding carboxylic acids is 4. The summed E-state index contributed by atoms with van der Waals surface area (Å²) in [6.45, 7) is 4.40. The van der Waals surface area contributed by atoms with Crippen LogP contribution in [0.5, 0.6) is 11.5 Å². The number of methoxy groups -OCH3 is 2. The Morgan fingerprint density at radius 2 is 1.77 bits per heavy atom. The van der Waals surface area contributed by atoms with Gasteiger partial charge in [0.1, 0.15) is 18.8 Å². The van der Waals surface area contributed by atoms with Crippen LogP contribution in [0.2, 0.25) is 0 Å². The summed E-state index contributed by atoms with van der Waals surface area (Å²) in [5, 5.41) is 8.70. The first kappa shape index (κ1) is 32.1. The highest BCUT2D eigenvalue weighted by Gasteiger charge is 2.50. The van der Waals surface area contributed by atoms with Crippen molar-refractivity contribution in [2.45, 2.75) is 38.1 Å². The van der Waals surface area contributed by atoms with Gasteiger partial charge in [0.15, 0.2) is 11.5 Å². The highest BCUT2D eigenvalue weighted by molar-refractivity contribution is 5.91. The summed E-state index contributed by atoms with van der Waals surface area (Å²) in [6, 6.07) is 13.7. The third-order valence-corrected chi connectivity index (χ3v) is 7.51. The summed E-state index contributed by atoms with van der Waals surface area (Å²) < 4.78 is 15.8. The van der Waals surface area contributed by atoms with Gasteiger partial charge in [0, 0.05) is 26.7 Å². The molecule has 0 aromatic heterocycles. The number of fused-ring (bicyclic) bond motifs is 1. The van der Waals surface area contributed by atoms with E-state index in [9.17, 15) is 19.2 Å². The van der Waals surface area contributed by atoms with Gasteiger partial charge in [0.2, 0.25) is 11.8 Å². The number of rotatable bonds is 12. The van der Waals surface area contributed by atoms with E-state index < -0.39 is 18.3 Å². The number of ether oxygens (including phenoxy) is 3. The molecule has 0 radical (unpaired) electrons. The zero-order valence-corrected chi connectivity index (χ0v) is 25.4. The average Bonchev–Trinajstić information content (AvgIpc) is 3.02. The van der Waals surface area contributed by atoms with Gasteiger partial charge in [-0.1, -0.05) is 49.1 Å². The maximum absolute atomic E-state index is 14.0. The van der Waals surface area contributed by atoms with Crippen molar-refractivity contribution < 1.29 is 33.4 Å². The zero-order valence-electron chi connectivity index (χ0n) is 25.4. The average molecular weight is 609 g/mol. The molecular formula is C31H40N6O7. The number of nitrogens with zero attached hydrogens (tertiary/aromatic N) is 4. The molecule has 0 spiro atoms. The molecule has 0 bridgehead atoms. The van der Waals surface area contributed by atoms with E-state index in [0.29, 0.717) is 24.5 Å². The standard InChI is InChI=1S/C31H40N6O7/c1-5-16-44-31(41)32-15-9-12-24-29(39)35(19-23-13-14-25(42-3)26(17-23)43-4)20-27-36(24)28(38)21-34(2)37(27)30(40)33-18-22-10-7-6-8-11-22/h5-8,10-11,13-14,17,24,27H,1,9,12,15-16,18-21H2,2-4H3,(H,32,41)(H,33,40)/t24-,27-/m0/s1. The Hall–Kier alpha value is -4.78. The van der Waals surface area contributed by atoms with E-state index in [1.807, 2.05) is 36.4 Å². The van der Waals surface area contributed by atoms with Crippen molar-refractivity contribution in [2.24, 2.45) is 0 Å². The Morgan fingerprint density at radius 3 is 2.48 bits per heavy atom. The lowest BCUT2D eigenvalue weighted by atomic mass is 10.0. The molecule has 0 saturated carbocycles. The number of benzene rings is 2. The third kappa shape index (κ3) is 7.59. The second kappa shape index (κ2) is 15.1. The number of nitrogens with one attached hydrogen (secondary N) is 2. The molecule has 2 aliphatic heterocycles. The highest BCUT2D eigenvalue weighted by Crippen LogP contribution is 2.31. The number of urea groups is 1. The molecule has 2 aromatic rings. The van der Waals surface area contributed by atoms with Crippen LogP contribution in [0.1, 0.15) is 24.0 Å². The fourth-order valence-electron chi connectivity index (χ4n) is 5.45. The first-order chi connectivity index (χ1) is 21.3. The molecule has 13 nitrogen and oxygen atoms in total. The number of piperazine rings is 1. The lowest BCUT2D eigenvalue weighted by Crippen LogP contribution is -2.75. The lowest BCUT2D eigenvalue weighted by Gasteiger charge is -2.54. The molecule has 2 aromatic carbocycles. The molecular weight excluding hydrogens is 568 g/mol. The van der Waals surface area contributed by atoms with Gasteiger partial charge in [-0.2, -0.15) is 0 Å². The van der Waals surface area contributed by atoms with E-state index in [1.165, 1.54) is 23.1 Å². The second-order valence-corrected chi connectivity index (χ2v) is 10.5. The summed E-state index contributed by atoms with van der Waals surface area (Å²) in [5.74, 6) is 0.585. The van der Waals surface area contributed by atoms with Gasteiger partial charge in [-0.25, -0.2) is 19.6 Å². The van der Waals surface area contributed by atoms with E-state index >= 15 is 0 Å². The monoisotopic (exact) mass is 608 g/mol. The van der Waals surface area contributed by atoms with Gasteiger partial charge in [0.25, 0.3) is 0 Å². The van der Waals surface area contributed by atoms with Crippen molar-refractivity contribution in [2.75, 3.05) is 47.5 Å². The molecule has 2 fully saturated rings. The van der Waals surface area contributed by atoms with Gasteiger partial charge in [-0.15, -0.1) is 0 Å². The quantitative estimate of drug-likeness (QED) is 0.277. The largest absolute Gasteiger partial charge is 0.493 e. The van der Waals surface area contributed by atoms with Crippen molar-refractivity contribution in [3.63, 3.8) is 0 Å². The van der Waals surface area contributed by atoms with E-state index in [1.54, 1.807) is 36.2 Å². The van der Waals surface area contributed by atoms with E-state index in [0.717, 1.165) is 11.1 Å². The zero-order chi connectivity index (χ0) is 31.6. The number of hydrazine groups is 1. The molecule has 2 N–H and O–H groups in total. The maximum Gasteiger partial charge on any atom is 0.407 e. The third-order valence-electron chi connectivity index (χ3n) is 7.51.